The van der Waals surface area contributed by atoms with Gasteiger partial charge in [-0.2, -0.15) is 9.40 Å². The minimum atomic E-state index is -3.46. The van der Waals surface area contributed by atoms with Gasteiger partial charge in [0.2, 0.25) is 10.0 Å². The molecule has 0 radical (unpaired) electrons. The molecule has 4 rings (SSSR count). The molecule has 1 saturated heterocycles. The molecule has 7 nitrogen and oxygen atoms in total. The van der Waals surface area contributed by atoms with E-state index < -0.39 is 10.0 Å². The Labute approximate surface area is 171 Å². The molecule has 2 aromatic heterocycles. The lowest BCUT2D eigenvalue weighted by Crippen LogP contribution is -2.35. The van der Waals surface area contributed by atoms with Crippen molar-refractivity contribution in [1.82, 2.24) is 19.1 Å². The highest BCUT2D eigenvalue weighted by molar-refractivity contribution is 7.89. The maximum Gasteiger partial charge on any atom is 0.244 e. The van der Waals surface area contributed by atoms with E-state index in [9.17, 15) is 8.42 Å². The van der Waals surface area contributed by atoms with E-state index in [1.807, 2.05) is 48.1 Å². The first-order valence-corrected chi connectivity index (χ1v) is 11.3. The van der Waals surface area contributed by atoms with Crippen LogP contribution >= 0.6 is 0 Å². The van der Waals surface area contributed by atoms with Crippen LogP contribution in [0.25, 0.3) is 5.69 Å². The summed E-state index contributed by atoms with van der Waals surface area (Å²) in [6.45, 7) is 3.22. The standard InChI is InChI=1S/C21H25N5O2S/c1-17(19-8-3-4-9-20(19)26-15-7-12-23-26)24-21-11-10-18(16-22-21)29(27,28)25-13-5-2-6-14-25/h3-4,7-12,15-17H,2,5-6,13-14H2,1H3,(H,22,24). The number of rotatable bonds is 6. The molecule has 1 fully saturated rings. The molecular weight excluding hydrogens is 386 g/mol. The van der Waals surface area contributed by atoms with Crippen molar-refractivity contribution in [1.29, 1.82) is 0 Å². The van der Waals surface area contributed by atoms with Gasteiger partial charge in [-0.15, -0.1) is 0 Å². The lowest BCUT2D eigenvalue weighted by atomic mass is 10.1. The van der Waals surface area contributed by atoms with Crippen LogP contribution in [0.3, 0.4) is 0 Å². The first-order chi connectivity index (χ1) is 14.1. The van der Waals surface area contributed by atoms with E-state index >= 15 is 0 Å². The van der Waals surface area contributed by atoms with Gasteiger partial charge in [-0.1, -0.05) is 24.6 Å². The minimum Gasteiger partial charge on any atom is -0.363 e. The normalized spacial score (nSPS) is 16.4. The Bertz CT molecular complexity index is 1040. The van der Waals surface area contributed by atoms with Gasteiger partial charge in [-0.05, 0) is 49.6 Å². The Kier molecular flexibility index (Phi) is 5.64. The predicted octanol–water partition coefficient (Wildman–Crippen LogP) is 3.62. The van der Waals surface area contributed by atoms with Crippen molar-refractivity contribution in [3.05, 3.63) is 66.6 Å². The summed E-state index contributed by atoms with van der Waals surface area (Å²) in [6, 6.07) is 13.2. The number of sulfonamides is 1. The number of para-hydroxylation sites is 1. The predicted molar refractivity (Wildman–Crippen MR) is 112 cm³/mol. The molecule has 3 aromatic rings. The van der Waals surface area contributed by atoms with Gasteiger partial charge in [0.25, 0.3) is 0 Å². The second-order valence-electron chi connectivity index (χ2n) is 7.22. The molecule has 152 valence electrons. The summed E-state index contributed by atoms with van der Waals surface area (Å²) in [5.41, 5.74) is 2.06. The van der Waals surface area contributed by atoms with Crippen LogP contribution < -0.4 is 5.32 Å². The van der Waals surface area contributed by atoms with E-state index in [0.29, 0.717) is 18.9 Å². The summed E-state index contributed by atoms with van der Waals surface area (Å²) in [4.78, 5) is 4.60. The van der Waals surface area contributed by atoms with Crippen LogP contribution in [-0.2, 0) is 10.0 Å². The highest BCUT2D eigenvalue weighted by atomic mass is 32.2. The quantitative estimate of drug-likeness (QED) is 0.670. The van der Waals surface area contributed by atoms with Crippen molar-refractivity contribution >= 4 is 15.8 Å². The van der Waals surface area contributed by atoms with Gasteiger partial charge in [0.1, 0.15) is 10.7 Å². The van der Waals surface area contributed by atoms with Gasteiger partial charge < -0.3 is 5.32 Å². The lowest BCUT2D eigenvalue weighted by molar-refractivity contribution is 0.346. The molecule has 3 heterocycles. The van der Waals surface area contributed by atoms with E-state index in [1.54, 1.807) is 22.6 Å². The molecule has 1 aromatic carbocycles. The number of benzene rings is 1. The summed E-state index contributed by atoms with van der Waals surface area (Å²) in [5.74, 6) is 0.630. The van der Waals surface area contributed by atoms with Crippen molar-refractivity contribution in [2.75, 3.05) is 18.4 Å². The third-order valence-electron chi connectivity index (χ3n) is 5.21. The van der Waals surface area contributed by atoms with Crippen LogP contribution in [0.1, 0.15) is 37.8 Å². The fourth-order valence-corrected chi connectivity index (χ4v) is 5.11. The van der Waals surface area contributed by atoms with Crippen LogP contribution in [0, 0.1) is 0 Å². The van der Waals surface area contributed by atoms with Crippen LogP contribution in [0.4, 0.5) is 5.82 Å². The second-order valence-corrected chi connectivity index (χ2v) is 9.16. The molecular formula is C21H25N5O2S. The average Bonchev–Trinajstić information content (AvgIpc) is 3.29. The molecule has 1 unspecified atom stereocenters. The van der Waals surface area contributed by atoms with Crippen LogP contribution in [-0.4, -0.2) is 40.6 Å². The third kappa shape index (κ3) is 4.18. The summed E-state index contributed by atoms with van der Waals surface area (Å²) in [6.07, 6.45) is 8.02. The molecule has 8 heteroatoms. The fraction of sp³-hybridized carbons (Fsp3) is 0.333. The number of hydrogen-bond acceptors (Lipinski definition) is 5. The fourth-order valence-electron chi connectivity index (χ4n) is 3.65. The Morgan fingerprint density at radius 3 is 2.52 bits per heavy atom. The molecule has 1 aliphatic heterocycles. The third-order valence-corrected chi connectivity index (χ3v) is 7.09. The summed E-state index contributed by atoms with van der Waals surface area (Å²) < 4.78 is 28.9. The average molecular weight is 412 g/mol. The van der Waals surface area contributed by atoms with Crippen molar-refractivity contribution in [3.8, 4) is 5.69 Å². The van der Waals surface area contributed by atoms with Gasteiger partial charge in [0.05, 0.1) is 11.7 Å². The second kappa shape index (κ2) is 8.34. The van der Waals surface area contributed by atoms with E-state index in [2.05, 4.69) is 15.4 Å². The molecule has 29 heavy (non-hydrogen) atoms. The molecule has 0 bridgehead atoms. The number of anilines is 1. The molecule has 0 aliphatic carbocycles. The number of pyridine rings is 1. The largest absolute Gasteiger partial charge is 0.363 e. The van der Waals surface area contributed by atoms with Gasteiger partial charge in [0.15, 0.2) is 0 Å². The van der Waals surface area contributed by atoms with E-state index in [0.717, 1.165) is 30.5 Å². The van der Waals surface area contributed by atoms with E-state index in [1.165, 1.54) is 6.20 Å². The van der Waals surface area contributed by atoms with E-state index in [4.69, 9.17) is 0 Å². The zero-order valence-electron chi connectivity index (χ0n) is 16.4. The van der Waals surface area contributed by atoms with Crippen LogP contribution in [0.15, 0.2) is 66.0 Å². The van der Waals surface area contributed by atoms with Crippen molar-refractivity contribution in [2.24, 2.45) is 0 Å². The monoisotopic (exact) mass is 411 g/mol. The van der Waals surface area contributed by atoms with Crippen molar-refractivity contribution in [3.63, 3.8) is 0 Å². The highest BCUT2D eigenvalue weighted by Crippen LogP contribution is 2.25. The Balaban J connectivity index is 1.51. The SMILES string of the molecule is CC(Nc1ccc(S(=O)(=O)N2CCCCC2)cn1)c1ccccc1-n1cccn1. The van der Waals surface area contributed by atoms with Crippen LogP contribution in [0.2, 0.25) is 0 Å². The topological polar surface area (TPSA) is 80.1 Å². The molecule has 1 N–H and O–H groups in total. The molecule has 1 atom stereocenters. The maximum absolute atomic E-state index is 12.8. The molecule has 0 amide bonds. The maximum atomic E-state index is 12.8. The van der Waals surface area contributed by atoms with Crippen molar-refractivity contribution in [2.45, 2.75) is 37.1 Å². The zero-order chi connectivity index (χ0) is 20.3. The molecule has 1 aliphatic rings. The van der Waals surface area contributed by atoms with Crippen LogP contribution in [0.5, 0.6) is 0 Å². The highest BCUT2D eigenvalue weighted by Gasteiger charge is 2.26. The number of aromatic nitrogens is 3. The molecule has 0 spiro atoms. The van der Waals surface area contributed by atoms with Crippen molar-refractivity contribution < 1.29 is 8.42 Å². The van der Waals surface area contributed by atoms with Gasteiger partial charge in [0, 0.05) is 31.7 Å². The summed E-state index contributed by atoms with van der Waals surface area (Å²) in [7, 11) is -3.46. The smallest absolute Gasteiger partial charge is 0.244 e. The molecule has 0 saturated carbocycles. The van der Waals surface area contributed by atoms with Gasteiger partial charge in [-0.25, -0.2) is 18.1 Å². The zero-order valence-corrected chi connectivity index (χ0v) is 17.2. The Morgan fingerprint density at radius 2 is 1.83 bits per heavy atom. The summed E-state index contributed by atoms with van der Waals surface area (Å²) in [5, 5.41) is 7.68. The number of nitrogens with one attached hydrogen (secondary N) is 1. The Hall–Kier alpha value is -2.71. The summed E-state index contributed by atoms with van der Waals surface area (Å²) >= 11 is 0. The lowest BCUT2D eigenvalue weighted by Gasteiger charge is -2.25. The number of piperidine rings is 1. The Morgan fingerprint density at radius 1 is 1.03 bits per heavy atom. The van der Waals surface area contributed by atoms with E-state index in [-0.39, 0.29) is 10.9 Å². The number of nitrogens with zero attached hydrogens (tertiary/aromatic N) is 4. The first-order valence-electron chi connectivity index (χ1n) is 9.87. The van der Waals surface area contributed by atoms with Gasteiger partial charge >= 0.3 is 0 Å². The number of hydrogen-bond donors (Lipinski definition) is 1. The minimum absolute atomic E-state index is 0.0348. The van der Waals surface area contributed by atoms with Gasteiger partial charge in [-0.3, -0.25) is 0 Å². The first kappa shape index (κ1) is 19.6.